The van der Waals surface area contributed by atoms with Gasteiger partial charge in [-0.1, -0.05) is 32.0 Å². The third kappa shape index (κ3) is 3.23. The molecule has 0 fully saturated rings. The van der Waals surface area contributed by atoms with Crippen LogP contribution < -0.4 is 4.74 Å². The number of fused-ring (bicyclic) bond motifs is 1. The van der Waals surface area contributed by atoms with Crippen molar-refractivity contribution in [1.29, 1.82) is 0 Å². The molecular weight excluding hydrogens is 350 g/mol. The molecule has 4 rings (SSSR count). The summed E-state index contributed by atoms with van der Waals surface area (Å²) < 4.78 is 36.0. The van der Waals surface area contributed by atoms with Gasteiger partial charge in [0.15, 0.2) is 28.9 Å². The summed E-state index contributed by atoms with van der Waals surface area (Å²) in [6.07, 6.45) is 0. The van der Waals surface area contributed by atoms with E-state index in [4.69, 9.17) is 4.74 Å². The molecule has 0 unspecified atom stereocenters. The predicted octanol–water partition coefficient (Wildman–Crippen LogP) is 4.99. The van der Waals surface area contributed by atoms with Gasteiger partial charge in [0.2, 0.25) is 0 Å². The van der Waals surface area contributed by atoms with E-state index in [1.54, 1.807) is 47.0 Å². The van der Waals surface area contributed by atoms with Crippen molar-refractivity contribution in [2.24, 2.45) is 0 Å². The van der Waals surface area contributed by atoms with Gasteiger partial charge in [-0.05, 0) is 36.4 Å². The molecule has 2 aromatic heterocycles. The molecular formula is C20H16F2N4O. The number of hydrogen-bond donors (Lipinski definition) is 0. The number of benzene rings is 2. The summed E-state index contributed by atoms with van der Waals surface area (Å²) in [4.78, 5) is 0. The summed E-state index contributed by atoms with van der Waals surface area (Å²) in [5.41, 5.74) is 1.29. The number of nitrogens with zero attached hydrogens (tertiary/aromatic N) is 4. The molecule has 0 N–H and O–H groups in total. The Balaban J connectivity index is 1.74. The second-order valence-electron chi connectivity index (χ2n) is 6.39. The minimum Gasteiger partial charge on any atom is -0.451 e. The van der Waals surface area contributed by atoms with E-state index < -0.39 is 17.4 Å². The molecule has 0 aliphatic heterocycles. The van der Waals surface area contributed by atoms with Crippen LogP contribution in [0.1, 0.15) is 25.6 Å². The summed E-state index contributed by atoms with van der Waals surface area (Å²) in [5, 5.41) is 12.6. The van der Waals surface area contributed by atoms with Crippen LogP contribution in [0.3, 0.4) is 0 Å². The largest absolute Gasteiger partial charge is 0.451 e. The van der Waals surface area contributed by atoms with Crippen molar-refractivity contribution in [1.82, 2.24) is 19.8 Å². The van der Waals surface area contributed by atoms with Crippen LogP contribution in [0.15, 0.2) is 54.6 Å². The minimum absolute atomic E-state index is 0.109. The molecule has 0 amide bonds. The van der Waals surface area contributed by atoms with Crippen LogP contribution in [-0.4, -0.2) is 19.8 Å². The van der Waals surface area contributed by atoms with Gasteiger partial charge in [-0.2, -0.15) is 9.61 Å². The molecule has 0 radical (unpaired) electrons. The van der Waals surface area contributed by atoms with Gasteiger partial charge in [0.1, 0.15) is 5.75 Å². The third-order valence-corrected chi connectivity index (χ3v) is 4.06. The minimum atomic E-state index is -0.802. The van der Waals surface area contributed by atoms with Gasteiger partial charge >= 0.3 is 0 Å². The van der Waals surface area contributed by atoms with Crippen LogP contribution in [-0.2, 0) is 0 Å². The number of halogens is 2. The molecule has 2 heterocycles. The Labute approximate surface area is 154 Å². The van der Waals surface area contributed by atoms with Crippen LogP contribution in [0.4, 0.5) is 8.78 Å². The molecule has 7 heteroatoms. The van der Waals surface area contributed by atoms with E-state index in [1.165, 1.54) is 12.1 Å². The van der Waals surface area contributed by atoms with Crippen LogP contribution >= 0.6 is 0 Å². The Morgan fingerprint density at radius 2 is 1.63 bits per heavy atom. The maximum Gasteiger partial charge on any atom is 0.198 e. The lowest BCUT2D eigenvalue weighted by molar-refractivity contribution is 0.408. The van der Waals surface area contributed by atoms with E-state index in [9.17, 15) is 8.78 Å². The summed E-state index contributed by atoms with van der Waals surface area (Å²) in [7, 11) is 0. The van der Waals surface area contributed by atoms with Gasteiger partial charge in [0.05, 0.1) is 5.69 Å². The summed E-state index contributed by atoms with van der Waals surface area (Å²) in [6, 6.07) is 14.3. The van der Waals surface area contributed by atoms with Crippen LogP contribution in [0.25, 0.3) is 16.9 Å². The SMILES string of the molecule is CC(C)c1nnc2ccc(-c3cc(F)c(Oc4ccccc4)c(F)c3)nn12. The van der Waals surface area contributed by atoms with Gasteiger partial charge in [-0.15, -0.1) is 10.2 Å². The molecule has 0 aliphatic carbocycles. The standard InChI is InChI=1S/C20H16F2N4O/c1-12(2)20-24-23-18-9-8-17(25-26(18)20)13-10-15(21)19(16(22)11-13)27-14-6-4-3-5-7-14/h3-12H,1-2H3. The molecule has 0 spiro atoms. The van der Waals surface area contributed by atoms with Crippen molar-refractivity contribution in [3.8, 4) is 22.8 Å². The van der Waals surface area contributed by atoms with Crippen molar-refractivity contribution >= 4 is 5.65 Å². The van der Waals surface area contributed by atoms with E-state index in [-0.39, 0.29) is 5.92 Å². The predicted molar refractivity (Wildman–Crippen MR) is 96.7 cm³/mol. The van der Waals surface area contributed by atoms with Crippen molar-refractivity contribution < 1.29 is 13.5 Å². The number of ether oxygens (including phenoxy) is 1. The molecule has 0 saturated carbocycles. The van der Waals surface area contributed by atoms with Crippen LogP contribution in [0, 0.1) is 11.6 Å². The zero-order valence-electron chi connectivity index (χ0n) is 14.7. The third-order valence-electron chi connectivity index (χ3n) is 4.06. The fourth-order valence-corrected chi connectivity index (χ4v) is 2.73. The van der Waals surface area contributed by atoms with Crippen LogP contribution in [0.2, 0.25) is 0 Å². The topological polar surface area (TPSA) is 52.3 Å². The lowest BCUT2D eigenvalue weighted by Crippen LogP contribution is -2.02. The summed E-state index contributed by atoms with van der Waals surface area (Å²) >= 11 is 0. The zero-order valence-corrected chi connectivity index (χ0v) is 14.7. The van der Waals surface area contributed by atoms with Gasteiger partial charge in [-0.25, -0.2) is 8.78 Å². The van der Waals surface area contributed by atoms with E-state index in [0.717, 1.165) is 0 Å². The highest BCUT2D eigenvalue weighted by Gasteiger charge is 2.17. The smallest absolute Gasteiger partial charge is 0.198 e. The first-order valence-corrected chi connectivity index (χ1v) is 8.47. The highest BCUT2D eigenvalue weighted by molar-refractivity contribution is 5.62. The monoisotopic (exact) mass is 366 g/mol. The summed E-state index contributed by atoms with van der Waals surface area (Å²) in [6.45, 7) is 3.94. The van der Waals surface area contributed by atoms with Gasteiger partial charge < -0.3 is 4.74 Å². The number of aromatic nitrogens is 4. The zero-order chi connectivity index (χ0) is 19.0. The number of hydrogen-bond acceptors (Lipinski definition) is 4. The van der Waals surface area contributed by atoms with Gasteiger partial charge in [0, 0.05) is 11.5 Å². The van der Waals surface area contributed by atoms with E-state index >= 15 is 0 Å². The Hall–Kier alpha value is -3.35. The van der Waals surface area contributed by atoms with E-state index in [1.807, 2.05) is 13.8 Å². The Kier molecular flexibility index (Phi) is 4.27. The quantitative estimate of drug-likeness (QED) is 0.511. The van der Waals surface area contributed by atoms with Crippen molar-refractivity contribution in [3.05, 3.63) is 72.1 Å². The Morgan fingerprint density at radius 1 is 0.926 bits per heavy atom. The Bertz CT molecular complexity index is 1090. The number of para-hydroxylation sites is 1. The molecule has 27 heavy (non-hydrogen) atoms. The maximum atomic E-state index is 14.5. The highest BCUT2D eigenvalue weighted by atomic mass is 19.1. The first-order valence-electron chi connectivity index (χ1n) is 8.47. The maximum absolute atomic E-state index is 14.5. The second-order valence-corrected chi connectivity index (χ2v) is 6.39. The van der Waals surface area contributed by atoms with E-state index in [0.29, 0.717) is 28.5 Å². The molecule has 0 atom stereocenters. The van der Waals surface area contributed by atoms with E-state index in [2.05, 4.69) is 15.3 Å². The highest BCUT2D eigenvalue weighted by Crippen LogP contribution is 2.31. The first kappa shape index (κ1) is 17.1. The molecule has 0 aliphatic rings. The lowest BCUT2D eigenvalue weighted by Gasteiger charge is -2.10. The average Bonchev–Trinajstić information content (AvgIpc) is 3.09. The van der Waals surface area contributed by atoms with Crippen molar-refractivity contribution in [2.75, 3.05) is 0 Å². The van der Waals surface area contributed by atoms with Crippen LogP contribution in [0.5, 0.6) is 11.5 Å². The molecule has 0 bridgehead atoms. The van der Waals surface area contributed by atoms with Gasteiger partial charge in [-0.3, -0.25) is 0 Å². The molecule has 136 valence electrons. The fourth-order valence-electron chi connectivity index (χ4n) is 2.73. The summed E-state index contributed by atoms with van der Waals surface area (Å²) in [5.74, 6) is -0.909. The van der Waals surface area contributed by atoms with Gasteiger partial charge in [0.25, 0.3) is 0 Å². The Morgan fingerprint density at radius 3 is 2.30 bits per heavy atom. The molecule has 0 saturated heterocycles. The van der Waals surface area contributed by atoms with Crippen molar-refractivity contribution in [3.63, 3.8) is 0 Å². The fraction of sp³-hybridized carbons (Fsp3) is 0.150. The number of rotatable bonds is 4. The lowest BCUT2D eigenvalue weighted by atomic mass is 10.1. The molecule has 5 nitrogen and oxygen atoms in total. The van der Waals surface area contributed by atoms with Crippen molar-refractivity contribution in [2.45, 2.75) is 19.8 Å². The second kappa shape index (κ2) is 6.75. The normalized spacial score (nSPS) is 11.3. The first-order chi connectivity index (χ1) is 13.0. The average molecular weight is 366 g/mol. The molecule has 2 aromatic carbocycles. The molecule has 4 aromatic rings.